The van der Waals surface area contributed by atoms with Crippen molar-refractivity contribution in [2.75, 3.05) is 6.54 Å². The van der Waals surface area contributed by atoms with Gasteiger partial charge in [-0.05, 0) is 36.4 Å². The minimum atomic E-state index is 0.106. The Morgan fingerprint density at radius 1 is 1.29 bits per heavy atom. The molecular formula is C16H18N2OS2. The fourth-order valence-corrected chi connectivity index (χ4v) is 3.40. The lowest BCUT2D eigenvalue weighted by Crippen LogP contribution is -2.21. The average molecular weight is 318 g/mol. The van der Waals surface area contributed by atoms with Crippen LogP contribution >= 0.6 is 22.7 Å². The molecule has 0 saturated heterocycles. The highest BCUT2D eigenvalue weighted by molar-refractivity contribution is 7.12. The molecule has 3 N–H and O–H groups in total. The van der Waals surface area contributed by atoms with Gasteiger partial charge in [-0.2, -0.15) is 0 Å². The first-order valence-electron chi connectivity index (χ1n) is 6.84. The topological polar surface area (TPSA) is 55.1 Å². The molecule has 0 saturated carbocycles. The van der Waals surface area contributed by atoms with E-state index in [9.17, 15) is 4.79 Å². The third-order valence-electron chi connectivity index (χ3n) is 2.84. The molecule has 2 aromatic rings. The fourth-order valence-electron chi connectivity index (χ4n) is 1.83. The highest BCUT2D eigenvalue weighted by atomic mass is 32.1. The van der Waals surface area contributed by atoms with Gasteiger partial charge in [-0.15, -0.1) is 22.7 Å². The van der Waals surface area contributed by atoms with Crippen molar-refractivity contribution >= 4 is 28.6 Å². The van der Waals surface area contributed by atoms with E-state index in [2.05, 4.69) is 28.6 Å². The number of carbonyl (C=O) groups is 1. The molecule has 0 fully saturated rings. The van der Waals surface area contributed by atoms with Crippen LogP contribution in [0.4, 0.5) is 0 Å². The number of amides is 1. The smallest absolute Gasteiger partial charge is 0.220 e. The van der Waals surface area contributed by atoms with Crippen LogP contribution in [-0.2, 0) is 17.8 Å². The van der Waals surface area contributed by atoms with Gasteiger partial charge in [-0.3, -0.25) is 4.79 Å². The molecule has 0 aliphatic carbocycles. The third kappa shape index (κ3) is 5.72. The molecule has 0 aliphatic heterocycles. The SMILES string of the molecule is NCC#Cc1ccc(CNC(=O)CCCc2cccs2)s1. The first kappa shape index (κ1) is 15.8. The van der Waals surface area contributed by atoms with E-state index < -0.39 is 0 Å². The van der Waals surface area contributed by atoms with Crippen molar-refractivity contribution in [3.63, 3.8) is 0 Å². The summed E-state index contributed by atoms with van der Waals surface area (Å²) in [5, 5.41) is 5.02. The lowest BCUT2D eigenvalue weighted by atomic mass is 10.2. The first-order valence-corrected chi connectivity index (χ1v) is 8.54. The van der Waals surface area contributed by atoms with Crippen LogP contribution < -0.4 is 11.1 Å². The number of thiophene rings is 2. The summed E-state index contributed by atoms with van der Waals surface area (Å²) >= 11 is 3.34. The van der Waals surface area contributed by atoms with E-state index in [1.807, 2.05) is 18.2 Å². The summed E-state index contributed by atoms with van der Waals surface area (Å²) in [6, 6.07) is 8.11. The number of carbonyl (C=O) groups excluding carboxylic acids is 1. The van der Waals surface area contributed by atoms with Crippen molar-refractivity contribution in [2.45, 2.75) is 25.8 Å². The van der Waals surface area contributed by atoms with Crippen molar-refractivity contribution in [3.05, 3.63) is 44.3 Å². The van der Waals surface area contributed by atoms with Crippen molar-refractivity contribution in [3.8, 4) is 11.8 Å². The average Bonchev–Trinajstić information content (AvgIpc) is 3.14. The van der Waals surface area contributed by atoms with Gasteiger partial charge in [0.25, 0.3) is 0 Å². The van der Waals surface area contributed by atoms with Crippen LogP contribution in [0.15, 0.2) is 29.6 Å². The number of aryl methyl sites for hydroxylation is 1. The van der Waals surface area contributed by atoms with Crippen molar-refractivity contribution < 1.29 is 4.79 Å². The summed E-state index contributed by atoms with van der Waals surface area (Å²) in [6.45, 7) is 0.945. The highest BCUT2D eigenvalue weighted by Crippen LogP contribution is 2.15. The second-order valence-corrected chi connectivity index (χ2v) is 6.68. The Morgan fingerprint density at radius 2 is 2.19 bits per heavy atom. The summed E-state index contributed by atoms with van der Waals surface area (Å²) in [7, 11) is 0. The summed E-state index contributed by atoms with van der Waals surface area (Å²) in [5.74, 6) is 5.93. The van der Waals surface area contributed by atoms with E-state index in [0.717, 1.165) is 22.6 Å². The Bertz CT molecular complexity index is 620. The van der Waals surface area contributed by atoms with Gasteiger partial charge in [0.15, 0.2) is 0 Å². The predicted molar refractivity (Wildman–Crippen MR) is 89.4 cm³/mol. The van der Waals surface area contributed by atoms with Gasteiger partial charge in [-0.1, -0.05) is 17.9 Å². The number of hydrogen-bond donors (Lipinski definition) is 2. The monoisotopic (exact) mass is 318 g/mol. The van der Waals surface area contributed by atoms with Gasteiger partial charge in [0.1, 0.15) is 0 Å². The van der Waals surface area contributed by atoms with Crippen LogP contribution in [0.3, 0.4) is 0 Å². The summed E-state index contributed by atoms with van der Waals surface area (Å²) in [4.78, 5) is 15.2. The number of nitrogens with one attached hydrogen (secondary N) is 1. The molecule has 1 amide bonds. The standard InChI is InChI=1S/C16H18N2OS2/c17-10-2-5-14-8-9-15(21-14)12-18-16(19)7-1-4-13-6-3-11-20-13/h3,6,8-9,11H,1,4,7,10,12,17H2,(H,18,19). The van der Waals surface area contributed by atoms with E-state index in [1.165, 1.54) is 4.88 Å². The van der Waals surface area contributed by atoms with Crippen LogP contribution in [0.5, 0.6) is 0 Å². The quantitative estimate of drug-likeness (QED) is 0.805. The molecule has 0 bridgehead atoms. The molecule has 0 spiro atoms. The molecule has 0 atom stereocenters. The molecular weight excluding hydrogens is 300 g/mol. The van der Waals surface area contributed by atoms with E-state index >= 15 is 0 Å². The second-order valence-electron chi connectivity index (χ2n) is 4.48. The van der Waals surface area contributed by atoms with Crippen LogP contribution in [-0.4, -0.2) is 12.5 Å². The molecule has 0 aliphatic rings. The molecule has 2 rings (SSSR count). The van der Waals surface area contributed by atoms with Gasteiger partial charge in [0, 0.05) is 16.2 Å². The predicted octanol–water partition coefficient (Wildman–Crippen LogP) is 2.76. The minimum absolute atomic E-state index is 0.106. The lowest BCUT2D eigenvalue weighted by Gasteiger charge is -2.03. The Hall–Kier alpha value is -1.61. The zero-order valence-electron chi connectivity index (χ0n) is 11.7. The van der Waals surface area contributed by atoms with Crippen LogP contribution in [0.1, 0.15) is 27.5 Å². The second kappa shape index (κ2) is 8.63. The van der Waals surface area contributed by atoms with Crippen LogP contribution in [0.2, 0.25) is 0 Å². The lowest BCUT2D eigenvalue weighted by molar-refractivity contribution is -0.121. The molecule has 0 radical (unpaired) electrons. The van der Waals surface area contributed by atoms with Crippen molar-refractivity contribution in [1.82, 2.24) is 5.32 Å². The molecule has 5 heteroatoms. The molecule has 3 nitrogen and oxygen atoms in total. The normalized spacial score (nSPS) is 9.95. The fraction of sp³-hybridized carbons (Fsp3) is 0.312. The van der Waals surface area contributed by atoms with Gasteiger partial charge >= 0.3 is 0 Å². The molecule has 2 aromatic heterocycles. The Morgan fingerprint density at radius 3 is 2.95 bits per heavy atom. The summed E-state index contributed by atoms with van der Waals surface area (Å²) in [5.41, 5.74) is 5.34. The van der Waals surface area contributed by atoms with E-state index in [0.29, 0.717) is 19.5 Å². The van der Waals surface area contributed by atoms with E-state index in [4.69, 9.17) is 5.73 Å². The Kier molecular flexibility index (Phi) is 6.48. The van der Waals surface area contributed by atoms with Crippen LogP contribution in [0, 0.1) is 11.8 Å². The molecule has 110 valence electrons. The van der Waals surface area contributed by atoms with Gasteiger partial charge in [0.05, 0.1) is 18.0 Å². The van der Waals surface area contributed by atoms with Crippen molar-refractivity contribution in [2.24, 2.45) is 5.73 Å². The maximum absolute atomic E-state index is 11.8. The molecule has 0 unspecified atom stereocenters. The Balaban J connectivity index is 1.67. The molecule has 21 heavy (non-hydrogen) atoms. The maximum Gasteiger partial charge on any atom is 0.220 e. The Labute approximate surface area is 133 Å². The number of rotatable bonds is 6. The zero-order chi connectivity index (χ0) is 14.9. The third-order valence-corrected chi connectivity index (χ3v) is 4.78. The van der Waals surface area contributed by atoms with Gasteiger partial charge < -0.3 is 11.1 Å². The largest absolute Gasteiger partial charge is 0.351 e. The van der Waals surface area contributed by atoms with Crippen molar-refractivity contribution in [1.29, 1.82) is 0 Å². The molecule has 0 aromatic carbocycles. The first-order chi connectivity index (χ1) is 10.3. The summed E-state index contributed by atoms with van der Waals surface area (Å²) < 4.78 is 0. The van der Waals surface area contributed by atoms with Gasteiger partial charge in [-0.25, -0.2) is 0 Å². The highest BCUT2D eigenvalue weighted by Gasteiger charge is 2.04. The number of nitrogens with two attached hydrogens (primary N) is 1. The van der Waals surface area contributed by atoms with E-state index in [1.54, 1.807) is 22.7 Å². The molecule has 2 heterocycles. The van der Waals surface area contributed by atoms with E-state index in [-0.39, 0.29) is 5.91 Å². The minimum Gasteiger partial charge on any atom is -0.351 e. The van der Waals surface area contributed by atoms with Gasteiger partial charge in [0.2, 0.25) is 5.91 Å². The number of hydrogen-bond acceptors (Lipinski definition) is 4. The van der Waals surface area contributed by atoms with Crippen LogP contribution in [0.25, 0.3) is 0 Å². The zero-order valence-corrected chi connectivity index (χ0v) is 13.4. The summed E-state index contributed by atoms with van der Waals surface area (Å²) in [6.07, 6.45) is 2.44. The maximum atomic E-state index is 11.8.